The molecule has 18 heavy (non-hydrogen) atoms. The van der Waals surface area contributed by atoms with Gasteiger partial charge in [0, 0.05) is 13.1 Å². The van der Waals surface area contributed by atoms with Gasteiger partial charge >= 0.3 is 0 Å². The number of hydrogen-bond acceptors (Lipinski definition) is 4. The van der Waals surface area contributed by atoms with Crippen molar-refractivity contribution < 1.29 is 9.90 Å². The largest absolute Gasteiger partial charge is 0.391 e. The highest BCUT2D eigenvalue weighted by molar-refractivity contribution is 5.94. The lowest BCUT2D eigenvalue weighted by atomic mass is 10.3. The number of benzene rings is 1. The van der Waals surface area contributed by atoms with Crippen LogP contribution < -0.4 is 0 Å². The van der Waals surface area contributed by atoms with Crippen molar-refractivity contribution in [2.75, 3.05) is 13.1 Å². The van der Waals surface area contributed by atoms with Crippen molar-refractivity contribution in [1.29, 1.82) is 0 Å². The average Bonchev–Trinajstić information content (AvgIpc) is 2.84. The third-order valence-corrected chi connectivity index (χ3v) is 3.12. The molecule has 0 unspecified atom stereocenters. The van der Waals surface area contributed by atoms with E-state index in [9.17, 15) is 9.90 Å². The van der Waals surface area contributed by atoms with E-state index >= 15 is 0 Å². The van der Waals surface area contributed by atoms with E-state index in [1.54, 1.807) is 4.90 Å². The number of hydrogen-bond donors (Lipinski definition) is 1. The lowest BCUT2D eigenvalue weighted by molar-refractivity contribution is 0.0759. The maximum atomic E-state index is 12.1. The maximum absolute atomic E-state index is 12.1. The predicted octanol–water partition coefficient (Wildman–Crippen LogP) is 0.837. The Balaban J connectivity index is 1.92. The van der Waals surface area contributed by atoms with Gasteiger partial charge < -0.3 is 10.0 Å². The van der Waals surface area contributed by atoms with Crippen LogP contribution in [0.15, 0.2) is 30.5 Å². The summed E-state index contributed by atoms with van der Waals surface area (Å²) < 4.78 is 0. The molecular formula is C13H13N3O2. The first kappa shape index (κ1) is 11.1. The minimum Gasteiger partial charge on any atom is -0.391 e. The molecule has 2 aromatic rings. The number of aromatic nitrogens is 2. The number of fused-ring (bicyclic) bond motifs is 1. The van der Waals surface area contributed by atoms with E-state index < -0.39 is 6.10 Å². The summed E-state index contributed by atoms with van der Waals surface area (Å²) in [5.41, 5.74) is 1.82. The number of aliphatic hydroxyl groups is 1. The molecule has 1 atom stereocenters. The Bertz CT molecular complexity index is 600. The van der Waals surface area contributed by atoms with Crippen molar-refractivity contribution in [1.82, 2.24) is 14.9 Å². The van der Waals surface area contributed by atoms with E-state index in [2.05, 4.69) is 9.97 Å². The van der Waals surface area contributed by atoms with Crippen molar-refractivity contribution in [2.24, 2.45) is 0 Å². The summed E-state index contributed by atoms with van der Waals surface area (Å²) in [6.07, 6.45) is 1.71. The van der Waals surface area contributed by atoms with E-state index in [0.29, 0.717) is 30.7 Å². The van der Waals surface area contributed by atoms with Crippen LogP contribution in [-0.2, 0) is 0 Å². The molecule has 1 aromatic carbocycles. The highest BCUT2D eigenvalue weighted by Gasteiger charge is 2.26. The summed E-state index contributed by atoms with van der Waals surface area (Å²) in [6.45, 7) is 0.960. The first-order chi connectivity index (χ1) is 8.74. The topological polar surface area (TPSA) is 66.3 Å². The third-order valence-electron chi connectivity index (χ3n) is 3.12. The molecule has 0 bridgehead atoms. The minimum absolute atomic E-state index is 0.162. The lowest BCUT2D eigenvalue weighted by Gasteiger charge is -2.14. The van der Waals surface area contributed by atoms with Gasteiger partial charge in [0.2, 0.25) is 0 Å². The molecule has 0 aliphatic carbocycles. The molecule has 92 valence electrons. The van der Waals surface area contributed by atoms with Crippen LogP contribution in [0.1, 0.15) is 16.9 Å². The fourth-order valence-electron chi connectivity index (χ4n) is 2.15. The molecule has 1 N–H and O–H groups in total. The van der Waals surface area contributed by atoms with Crippen LogP contribution in [0.3, 0.4) is 0 Å². The van der Waals surface area contributed by atoms with Crippen LogP contribution in [0.4, 0.5) is 0 Å². The van der Waals surface area contributed by atoms with Crippen molar-refractivity contribution >= 4 is 16.9 Å². The van der Waals surface area contributed by atoms with Crippen LogP contribution >= 0.6 is 0 Å². The smallest absolute Gasteiger partial charge is 0.274 e. The summed E-state index contributed by atoms with van der Waals surface area (Å²) in [6, 6.07) is 7.44. The van der Waals surface area contributed by atoms with Gasteiger partial charge in [0.05, 0.1) is 23.3 Å². The predicted molar refractivity (Wildman–Crippen MR) is 66.1 cm³/mol. The van der Waals surface area contributed by atoms with Gasteiger partial charge in [0.25, 0.3) is 5.91 Å². The number of aliphatic hydroxyl groups excluding tert-OH is 1. The first-order valence-corrected chi connectivity index (χ1v) is 5.93. The zero-order valence-electron chi connectivity index (χ0n) is 9.78. The monoisotopic (exact) mass is 243 g/mol. The second kappa shape index (κ2) is 4.34. The van der Waals surface area contributed by atoms with Gasteiger partial charge in [-0.1, -0.05) is 12.1 Å². The number of nitrogens with zero attached hydrogens (tertiary/aromatic N) is 3. The molecule has 0 saturated carbocycles. The molecule has 1 aromatic heterocycles. The molecule has 0 spiro atoms. The van der Waals surface area contributed by atoms with Crippen molar-refractivity contribution in [3.05, 3.63) is 36.2 Å². The highest BCUT2D eigenvalue weighted by Crippen LogP contribution is 2.14. The van der Waals surface area contributed by atoms with Crippen LogP contribution in [0.25, 0.3) is 11.0 Å². The Kier molecular flexibility index (Phi) is 2.68. The van der Waals surface area contributed by atoms with E-state index in [1.807, 2.05) is 24.3 Å². The molecule has 3 rings (SSSR count). The van der Waals surface area contributed by atoms with Crippen molar-refractivity contribution in [3.63, 3.8) is 0 Å². The summed E-state index contributed by atoms with van der Waals surface area (Å²) in [5.74, 6) is -0.162. The molecule has 5 heteroatoms. The molecular weight excluding hydrogens is 230 g/mol. The summed E-state index contributed by atoms with van der Waals surface area (Å²) >= 11 is 0. The zero-order valence-corrected chi connectivity index (χ0v) is 9.78. The Morgan fingerprint density at radius 2 is 2.11 bits per heavy atom. The van der Waals surface area contributed by atoms with Crippen molar-refractivity contribution in [3.8, 4) is 0 Å². The number of β-amino-alcohol motifs (C(OH)–C–C–N with tert-alkyl or cyclic N) is 1. The molecule has 1 fully saturated rings. The van der Waals surface area contributed by atoms with Crippen LogP contribution in [0.2, 0.25) is 0 Å². The van der Waals surface area contributed by atoms with E-state index in [-0.39, 0.29) is 5.91 Å². The van der Waals surface area contributed by atoms with E-state index in [4.69, 9.17) is 0 Å². The highest BCUT2D eigenvalue weighted by atomic mass is 16.3. The van der Waals surface area contributed by atoms with Crippen LogP contribution in [0, 0.1) is 0 Å². The second-order valence-corrected chi connectivity index (χ2v) is 4.44. The summed E-state index contributed by atoms with van der Waals surface area (Å²) in [7, 11) is 0. The van der Waals surface area contributed by atoms with Gasteiger partial charge in [-0.2, -0.15) is 0 Å². The number of amides is 1. The number of para-hydroxylation sites is 2. The van der Waals surface area contributed by atoms with Gasteiger partial charge in [-0.15, -0.1) is 0 Å². The molecule has 1 saturated heterocycles. The maximum Gasteiger partial charge on any atom is 0.274 e. The van der Waals surface area contributed by atoms with Gasteiger partial charge in [0.1, 0.15) is 5.69 Å². The minimum atomic E-state index is -0.414. The molecule has 5 nitrogen and oxygen atoms in total. The Morgan fingerprint density at radius 1 is 1.33 bits per heavy atom. The fraction of sp³-hybridized carbons (Fsp3) is 0.308. The zero-order chi connectivity index (χ0) is 12.5. The standard InChI is InChI=1S/C13H13N3O2/c17-9-5-6-16(8-9)13(18)12-7-14-10-3-1-2-4-11(10)15-12/h1-4,7,9,17H,5-6,8H2/t9-/m1/s1. The summed E-state index contributed by atoms with van der Waals surface area (Å²) in [5, 5.41) is 9.44. The molecule has 1 amide bonds. The normalized spacial score (nSPS) is 19.4. The Hall–Kier alpha value is -2.01. The van der Waals surface area contributed by atoms with E-state index in [0.717, 1.165) is 5.52 Å². The number of carbonyl (C=O) groups is 1. The lowest BCUT2D eigenvalue weighted by Crippen LogP contribution is -2.30. The third kappa shape index (κ3) is 1.93. The molecule has 0 radical (unpaired) electrons. The van der Waals surface area contributed by atoms with Gasteiger partial charge in [-0.3, -0.25) is 9.78 Å². The Morgan fingerprint density at radius 3 is 2.83 bits per heavy atom. The number of likely N-dealkylation sites (tertiary alicyclic amines) is 1. The number of carbonyl (C=O) groups excluding carboxylic acids is 1. The van der Waals surface area contributed by atoms with Gasteiger partial charge in [-0.25, -0.2) is 4.98 Å². The molecule has 1 aliphatic rings. The SMILES string of the molecule is O=C(c1cnc2ccccc2n1)N1CC[C@@H](O)C1. The quantitative estimate of drug-likeness (QED) is 0.806. The van der Waals surface area contributed by atoms with Gasteiger partial charge in [0.15, 0.2) is 0 Å². The summed E-state index contributed by atoms with van der Waals surface area (Å²) in [4.78, 5) is 22.3. The fourth-order valence-corrected chi connectivity index (χ4v) is 2.15. The van der Waals surface area contributed by atoms with E-state index in [1.165, 1.54) is 6.20 Å². The average molecular weight is 243 g/mol. The Labute approximate surface area is 104 Å². The van der Waals surface area contributed by atoms with Crippen LogP contribution in [0.5, 0.6) is 0 Å². The number of rotatable bonds is 1. The van der Waals surface area contributed by atoms with Gasteiger partial charge in [-0.05, 0) is 18.6 Å². The van der Waals surface area contributed by atoms with Crippen molar-refractivity contribution in [2.45, 2.75) is 12.5 Å². The first-order valence-electron chi connectivity index (χ1n) is 5.93. The van der Waals surface area contributed by atoms with Crippen LogP contribution in [-0.4, -0.2) is 45.1 Å². The second-order valence-electron chi connectivity index (χ2n) is 4.44. The molecule has 1 aliphatic heterocycles. The molecule has 2 heterocycles.